The Morgan fingerprint density at radius 3 is 2.78 bits per heavy atom. The van der Waals surface area contributed by atoms with Crippen molar-refractivity contribution in [3.63, 3.8) is 0 Å². The summed E-state index contributed by atoms with van der Waals surface area (Å²) in [5, 5.41) is 20.6. The van der Waals surface area contributed by atoms with E-state index < -0.39 is 10.7 Å². The lowest BCUT2D eigenvalue weighted by atomic mass is 10.2. The fourth-order valence-corrected chi connectivity index (χ4v) is 4.46. The number of nitro benzene ring substituents is 1. The van der Waals surface area contributed by atoms with Gasteiger partial charge in [0.2, 0.25) is 5.78 Å². The van der Waals surface area contributed by atoms with Gasteiger partial charge in [0.15, 0.2) is 5.16 Å². The molecule has 0 aliphatic carbocycles. The van der Waals surface area contributed by atoms with Crippen LogP contribution in [0.1, 0.15) is 18.9 Å². The van der Waals surface area contributed by atoms with Crippen LogP contribution in [0.5, 0.6) is 0 Å². The number of rotatable bonds is 9. The molecule has 4 rings (SSSR count). The summed E-state index contributed by atoms with van der Waals surface area (Å²) in [6, 6.07) is 10.9. The Morgan fingerprint density at radius 1 is 1.19 bits per heavy atom. The monoisotopic (exact) mass is 457 g/mol. The standard InChI is InChI=1S/C21H20FN5O4S/c1-2-31-12-6-11-25-19(28)14-7-3-4-9-17(14)26-20(25)23-24-21(26)32-13-15-16(22)8-5-10-18(15)27(29)30/h3-5,7-10H,2,6,11-13H2,1H3. The van der Waals surface area contributed by atoms with Gasteiger partial charge in [-0.3, -0.25) is 23.9 Å². The number of thioether (sulfide) groups is 1. The zero-order valence-corrected chi connectivity index (χ0v) is 18.0. The van der Waals surface area contributed by atoms with Crippen molar-refractivity contribution in [1.82, 2.24) is 19.2 Å². The molecule has 0 atom stereocenters. The second-order valence-electron chi connectivity index (χ2n) is 6.93. The van der Waals surface area contributed by atoms with E-state index in [4.69, 9.17) is 4.74 Å². The molecule has 4 aromatic rings. The summed E-state index contributed by atoms with van der Waals surface area (Å²) in [6.45, 7) is 3.40. The van der Waals surface area contributed by atoms with Gasteiger partial charge in [0.1, 0.15) is 5.82 Å². The van der Waals surface area contributed by atoms with Crippen molar-refractivity contribution >= 4 is 34.1 Å². The zero-order valence-electron chi connectivity index (χ0n) is 17.2. The maximum absolute atomic E-state index is 14.3. The average molecular weight is 457 g/mol. The van der Waals surface area contributed by atoms with Gasteiger partial charge in [-0.25, -0.2) is 4.39 Å². The van der Waals surface area contributed by atoms with Gasteiger partial charge in [0, 0.05) is 31.6 Å². The molecule has 0 N–H and O–H groups in total. The number of hydrogen-bond acceptors (Lipinski definition) is 7. The molecule has 32 heavy (non-hydrogen) atoms. The number of hydrogen-bond donors (Lipinski definition) is 0. The minimum absolute atomic E-state index is 0.0123. The molecule has 2 heterocycles. The lowest BCUT2D eigenvalue weighted by Gasteiger charge is -2.11. The van der Waals surface area contributed by atoms with Gasteiger partial charge in [-0.15, -0.1) is 10.2 Å². The first kappa shape index (κ1) is 21.9. The van der Waals surface area contributed by atoms with E-state index in [1.54, 1.807) is 33.2 Å². The van der Waals surface area contributed by atoms with Crippen molar-refractivity contribution < 1.29 is 14.1 Å². The molecule has 0 amide bonds. The van der Waals surface area contributed by atoms with Gasteiger partial charge in [-0.2, -0.15) is 0 Å². The van der Waals surface area contributed by atoms with E-state index in [9.17, 15) is 19.3 Å². The van der Waals surface area contributed by atoms with Crippen LogP contribution in [0.4, 0.5) is 10.1 Å². The van der Waals surface area contributed by atoms with Crippen molar-refractivity contribution in [2.45, 2.75) is 30.8 Å². The SMILES string of the molecule is CCOCCCn1c(=O)c2ccccc2n2c(SCc3c(F)cccc3[N+](=O)[O-])nnc12. The first-order valence-corrected chi connectivity index (χ1v) is 11.0. The van der Waals surface area contributed by atoms with E-state index in [0.717, 1.165) is 11.8 Å². The molecule has 166 valence electrons. The predicted octanol–water partition coefficient (Wildman–Crippen LogP) is 3.81. The molecule has 0 aliphatic rings. The minimum atomic E-state index is -0.654. The highest BCUT2D eigenvalue weighted by Gasteiger charge is 2.21. The van der Waals surface area contributed by atoms with Crippen LogP contribution >= 0.6 is 11.8 Å². The summed E-state index contributed by atoms with van der Waals surface area (Å²) in [4.78, 5) is 23.8. The molecule has 11 heteroatoms. The fraction of sp³-hybridized carbons (Fsp3) is 0.286. The van der Waals surface area contributed by atoms with Crippen LogP contribution in [-0.2, 0) is 17.0 Å². The van der Waals surface area contributed by atoms with Crippen LogP contribution in [0.3, 0.4) is 0 Å². The highest BCUT2D eigenvalue weighted by atomic mass is 32.2. The quantitative estimate of drug-likeness (QED) is 0.163. The third kappa shape index (κ3) is 4.08. The summed E-state index contributed by atoms with van der Waals surface area (Å²) in [7, 11) is 0. The van der Waals surface area contributed by atoms with Crippen LogP contribution in [-0.4, -0.2) is 37.3 Å². The molecule has 0 bridgehead atoms. The van der Waals surface area contributed by atoms with E-state index in [0.29, 0.717) is 48.0 Å². The third-order valence-electron chi connectivity index (χ3n) is 4.99. The number of ether oxygens (including phenoxy) is 1. The Kier molecular flexibility index (Phi) is 6.47. The molecule has 0 saturated carbocycles. The lowest BCUT2D eigenvalue weighted by molar-refractivity contribution is -0.385. The maximum atomic E-state index is 14.3. The highest BCUT2D eigenvalue weighted by molar-refractivity contribution is 7.98. The lowest BCUT2D eigenvalue weighted by Crippen LogP contribution is -2.24. The third-order valence-corrected chi connectivity index (χ3v) is 5.94. The summed E-state index contributed by atoms with van der Waals surface area (Å²) in [6.07, 6.45) is 0.624. The van der Waals surface area contributed by atoms with Crippen molar-refractivity contribution in [1.29, 1.82) is 0 Å². The number of halogens is 1. The molecule has 2 aromatic carbocycles. The van der Waals surface area contributed by atoms with Gasteiger partial charge in [-0.05, 0) is 31.5 Å². The molecule has 0 saturated heterocycles. The van der Waals surface area contributed by atoms with Crippen LogP contribution in [0.15, 0.2) is 52.4 Å². The van der Waals surface area contributed by atoms with Crippen LogP contribution in [0.25, 0.3) is 16.7 Å². The van der Waals surface area contributed by atoms with E-state index in [2.05, 4.69) is 10.2 Å². The van der Waals surface area contributed by atoms with E-state index in [1.165, 1.54) is 18.2 Å². The Bertz CT molecular complexity index is 1350. The van der Waals surface area contributed by atoms with Gasteiger partial charge in [0.25, 0.3) is 11.2 Å². The van der Waals surface area contributed by atoms with E-state index >= 15 is 0 Å². The summed E-state index contributed by atoms with van der Waals surface area (Å²) in [5.41, 5.74) is 0.125. The average Bonchev–Trinajstić information content (AvgIpc) is 3.21. The number of fused-ring (bicyclic) bond motifs is 3. The van der Waals surface area contributed by atoms with E-state index in [-0.39, 0.29) is 22.6 Å². The zero-order chi connectivity index (χ0) is 22.7. The number of para-hydroxylation sites is 1. The van der Waals surface area contributed by atoms with Gasteiger partial charge in [-0.1, -0.05) is 30.0 Å². The molecular formula is C21H20FN5O4S. The minimum Gasteiger partial charge on any atom is -0.382 e. The first-order chi connectivity index (χ1) is 15.5. The largest absolute Gasteiger partial charge is 0.382 e. The highest BCUT2D eigenvalue weighted by Crippen LogP contribution is 2.30. The smallest absolute Gasteiger partial charge is 0.276 e. The molecular weight excluding hydrogens is 437 g/mol. The van der Waals surface area contributed by atoms with Crippen LogP contribution < -0.4 is 5.56 Å². The molecule has 0 spiro atoms. The Morgan fingerprint density at radius 2 is 2.00 bits per heavy atom. The van der Waals surface area contributed by atoms with Crippen molar-refractivity contribution in [2.75, 3.05) is 13.2 Å². The van der Waals surface area contributed by atoms with Gasteiger partial charge < -0.3 is 4.74 Å². The molecule has 0 fully saturated rings. The summed E-state index contributed by atoms with van der Waals surface area (Å²) in [5.74, 6) is -0.310. The Balaban J connectivity index is 1.77. The maximum Gasteiger partial charge on any atom is 0.276 e. The number of nitrogens with zero attached hydrogens (tertiary/aromatic N) is 5. The van der Waals surface area contributed by atoms with Gasteiger partial charge in [0.05, 0.1) is 21.4 Å². The predicted molar refractivity (Wildman–Crippen MR) is 118 cm³/mol. The number of aromatic nitrogens is 4. The van der Waals surface area contributed by atoms with Crippen molar-refractivity contribution in [3.8, 4) is 0 Å². The van der Waals surface area contributed by atoms with E-state index in [1.807, 2.05) is 6.92 Å². The second kappa shape index (κ2) is 9.45. The summed E-state index contributed by atoms with van der Waals surface area (Å²) < 4.78 is 23.0. The number of benzene rings is 2. The summed E-state index contributed by atoms with van der Waals surface area (Å²) >= 11 is 1.12. The molecule has 0 unspecified atom stereocenters. The molecule has 0 radical (unpaired) electrons. The number of aryl methyl sites for hydroxylation is 1. The number of nitro groups is 1. The first-order valence-electron chi connectivity index (χ1n) is 10.0. The van der Waals surface area contributed by atoms with Crippen molar-refractivity contribution in [2.24, 2.45) is 0 Å². The fourth-order valence-electron chi connectivity index (χ4n) is 3.50. The van der Waals surface area contributed by atoms with Crippen LogP contribution in [0.2, 0.25) is 0 Å². The Hall–Kier alpha value is -3.31. The van der Waals surface area contributed by atoms with Crippen molar-refractivity contribution in [3.05, 3.63) is 74.3 Å². The Labute approximate surface area is 186 Å². The normalized spacial score (nSPS) is 11.4. The second-order valence-corrected chi connectivity index (χ2v) is 7.87. The molecule has 9 nitrogen and oxygen atoms in total. The van der Waals surface area contributed by atoms with Gasteiger partial charge >= 0.3 is 0 Å². The van der Waals surface area contributed by atoms with Crippen LogP contribution in [0, 0.1) is 15.9 Å². The molecule has 0 aliphatic heterocycles. The molecule has 2 aromatic heterocycles. The topological polar surface area (TPSA) is 105 Å².